The minimum absolute atomic E-state index is 0.0623. The van der Waals surface area contributed by atoms with Crippen molar-refractivity contribution in [3.05, 3.63) is 10.7 Å². The second kappa shape index (κ2) is 3.49. The molecule has 0 unspecified atom stereocenters. The van der Waals surface area contributed by atoms with Gasteiger partial charge in [0.05, 0.1) is 0 Å². The Kier molecular flexibility index (Phi) is 2.75. The molecular formula is C8H13BrN4. The third-order valence-corrected chi connectivity index (χ3v) is 1.61. The maximum absolute atomic E-state index is 5.56. The van der Waals surface area contributed by atoms with Crippen LogP contribution in [0.2, 0.25) is 0 Å². The molecule has 0 aliphatic rings. The Balaban J connectivity index is 2.90. The molecule has 0 saturated carbocycles. The number of nitrogens with one attached hydrogen (secondary N) is 1. The molecule has 1 rings (SSSR count). The number of hydrogen-bond acceptors (Lipinski definition) is 4. The van der Waals surface area contributed by atoms with E-state index in [2.05, 4.69) is 31.2 Å². The smallest absolute Gasteiger partial charge is 0.226 e. The first-order chi connectivity index (χ1) is 5.87. The van der Waals surface area contributed by atoms with Crippen LogP contribution in [-0.4, -0.2) is 15.5 Å². The number of hydrogen-bond donors (Lipinski definition) is 2. The summed E-state index contributed by atoms with van der Waals surface area (Å²) in [4.78, 5) is 8.18. The molecule has 0 atom stereocenters. The summed E-state index contributed by atoms with van der Waals surface area (Å²) in [5.74, 6) is 0.994. The second-order valence-electron chi connectivity index (χ2n) is 3.81. The van der Waals surface area contributed by atoms with Crippen LogP contribution in [0.15, 0.2) is 10.7 Å². The number of anilines is 2. The maximum atomic E-state index is 5.56. The molecule has 5 heteroatoms. The van der Waals surface area contributed by atoms with Gasteiger partial charge in [0.2, 0.25) is 5.95 Å². The van der Waals surface area contributed by atoms with Crippen molar-refractivity contribution in [3.8, 4) is 0 Å². The molecule has 72 valence electrons. The SMILES string of the molecule is CC(C)(C)Nc1nc(N)cc(Br)n1. The Bertz CT molecular complexity index is 285. The molecule has 0 saturated heterocycles. The minimum atomic E-state index is -0.0623. The number of halogens is 1. The van der Waals surface area contributed by atoms with Gasteiger partial charge in [0.15, 0.2) is 0 Å². The minimum Gasteiger partial charge on any atom is -0.383 e. The first-order valence-electron chi connectivity index (χ1n) is 3.95. The van der Waals surface area contributed by atoms with Gasteiger partial charge >= 0.3 is 0 Å². The molecule has 0 aliphatic heterocycles. The van der Waals surface area contributed by atoms with Gasteiger partial charge in [-0.1, -0.05) is 0 Å². The van der Waals surface area contributed by atoms with Gasteiger partial charge in [-0.2, -0.15) is 4.98 Å². The Morgan fingerprint density at radius 2 is 2.00 bits per heavy atom. The van der Waals surface area contributed by atoms with E-state index in [0.717, 1.165) is 0 Å². The molecule has 3 N–H and O–H groups in total. The fourth-order valence-electron chi connectivity index (χ4n) is 0.826. The molecule has 4 nitrogen and oxygen atoms in total. The van der Waals surface area contributed by atoms with E-state index in [0.29, 0.717) is 16.4 Å². The van der Waals surface area contributed by atoms with Crippen LogP contribution >= 0.6 is 15.9 Å². The van der Waals surface area contributed by atoms with Crippen LogP contribution < -0.4 is 11.1 Å². The third-order valence-electron chi connectivity index (χ3n) is 1.20. The van der Waals surface area contributed by atoms with E-state index in [1.807, 2.05) is 20.8 Å². The van der Waals surface area contributed by atoms with E-state index in [1.54, 1.807) is 6.07 Å². The molecule has 0 aliphatic carbocycles. The molecular weight excluding hydrogens is 232 g/mol. The van der Waals surface area contributed by atoms with Crippen LogP contribution in [0.25, 0.3) is 0 Å². The number of nitrogens with two attached hydrogens (primary N) is 1. The highest BCUT2D eigenvalue weighted by molar-refractivity contribution is 9.10. The molecule has 0 amide bonds. The van der Waals surface area contributed by atoms with Gasteiger partial charge in [0.25, 0.3) is 0 Å². The molecule has 1 aromatic rings. The molecule has 13 heavy (non-hydrogen) atoms. The zero-order chi connectivity index (χ0) is 10.1. The van der Waals surface area contributed by atoms with E-state index in [4.69, 9.17) is 5.73 Å². The van der Waals surface area contributed by atoms with E-state index in [1.165, 1.54) is 0 Å². The van der Waals surface area contributed by atoms with Gasteiger partial charge in [-0.3, -0.25) is 0 Å². The lowest BCUT2D eigenvalue weighted by molar-refractivity contribution is 0.626. The molecule has 0 fully saturated rings. The summed E-state index contributed by atoms with van der Waals surface area (Å²) in [7, 11) is 0. The average molecular weight is 245 g/mol. The second-order valence-corrected chi connectivity index (χ2v) is 4.63. The molecule has 0 spiro atoms. The Hall–Kier alpha value is -0.840. The average Bonchev–Trinajstić information content (AvgIpc) is 1.78. The van der Waals surface area contributed by atoms with Crippen molar-refractivity contribution in [2.45, 2.75) is 26.3 Å². The van der Waals surface area contributed by atoms with Crippen LogP contribution in [0.1, 0.15) is 20.8 Å². The summed E-state index contributed by atoms with van der Waals surface area (Å²) in [6, 6.07) is 1.66. The van der Waals surface area contributed by atoms with Gasteiger partial charge in [-0.05, 0) is 36.7 Å². The van der Waals surface area contributed by atoms with Crippen LogP contribution in [0.3, 0.4) is 0 Å². The number of rotatable bonds is 1. The standard InChI is InChI=1S/C8H13BrN4/c1-8(2,3)13-7-11-5(9)4-6(10)12-7/h4H,1-3H3,(H3,10,11,12,13). The first kappa shape index (κ1) is 10.2. The molecule has 1 heterocycles. The summed E-state index contributed by atoms with van der Waals surface area (Å²) in [6.45, 7) is 6.11. The van der Waals surface area contributed by atoms with Crippen LogP contribution in [-0.2, 0) is 0 Å². The van der Waals surface area contributed by atoms with Gasteiger partial charge < -0.3 is 11.1 Å². The molecule has 1 aromatic heterocycles. The topological polar surface area (TPSA) is 63.8 Å². The number of aromatic nitrogens is 2. The summed E-state index contributed by atoms with van der Waals surface area (Å²) >= 11 is 3.25. The molecule has 0 bridgehead atoms. The van der Waals surface area contributed by atoms with Crippen molar-refractivity contribution in [1.82, 2.24) is 9.97 Å². The molecule has 0 aromatic carbocycles. The van der Waals surface area contributed by atoms with Crippen LogP contribution in [0.5, 0.6) is 0 Å². The zero-order valence-corrected chi connectivity index (χ0v) is 9.51. The van der Waals surface area contributed by atoms with Gasteiger partial charge in [0, 0.05) is 11.6 Å². The van der Waals surface area contributed by atoms with Gasteiger partial charge in [-0.25, -0.2) is 4.98 Å². The highest BCUT2D eigenvalue weighted by atomic mass is 79.9. The van der Waals surface area contributed by atoms with Gasteiger partial charge in [-0.15, -0.1) is 0 Å². The van der Waals surface area contributed by atoms with Crippen LogP contribution in [0.4, 0.5) is 11.8 Å². The van der Waals surface area contributed by atoms with Crippen molar-refractivity contribution < 1.29 is 0 Å². The van der Waals surface area contributed by atoms with Crippen molar-refractivity contribution in [3.63, 3.8) is 0 Å². The number of nitrogen functional groups attached to an aromatic ring is 1. The normalized spacial score (nSPS) is 11.4. The van der Waals surface area contributed by atoms with Crippen molar-refractivity contribution >= 4 is 27.7 Å². The van der Waals surface area contributed by atoms with Gasteiger partial charge in [0.1, 0.15) is 10.4 Å². The monoisotopic (exact) mass is 244 g/mol. The van der Waals surface area contributed by atoms with Crippen molar-refractivity contribution in [1.29, 1.82) is 0 Å². The Morgan fingerprint density at radius 3 is 2.46 bits per heavy atom. The zero-order valence-electron chi connectivity index (χ0n) is 7.93. The summed E-state index contributed by atoms with van der Waals surface area (Å²) in [5, 5.41) is 3.13. The van der Waals surface area contributed by atoms with Crippen molar-refractivity contribution in [2.24, 2.45) is 0 Å². The van der Waals surface area contributed by atoms with E-state index < -0.39 is 0 Å². The highest BCUT2D eigenvalue weighted by Crippen LogP contribution is 2.15. The largest absolute Gasteiger partial charge is 0.383 e. The fourth-order valence-corrected chi connectivity index (χ4v) is 1.23. The highest BCUT2D eigenvalue weighted by Gasteiger charge is 2.11. The predicted molar refractivity (Wildman–Crippen MR) is 57.5 cm³/mol. The lowest BCUT2D eigenvalue weighted by Gasteiger charge is -2.20. The predicted octanol–water partition coefficient (Wildman–Crippen LogP) is 2.03. The Morgan fingerprint density at radius 1 is 1.38 bits per heavy atom. The van der Waals surface area contributed by atoms with E-state index in [9.17, 15) is 0 Å². The van der Waals surface area contributed by atoms with E-state index in [-0.39, 0.29) is 5.54 Å². The fraction of sp³-hybridized carbons (Fsp3) is 0.500. The number of nitrogens with zero attached hydrogens (tertiary/aromatic N) is 2. The summed E-state index contributed by atoms with van der Waals surface area (Å²) in [5.41, 5.74) is 5.49. The molecule has 0 radical (unpaired) electrons. The summed E-state index contributed by atoms with van der Waals surface area (Å²) < 4.78 is 0.687. The third kappa shape index (κ3) is 3.59. The quantitative estimate of drug-likeness (QED) is 0.743. The van der Waals surface area contributed by atoms with E-state index >= 15 is 0 Å². The lowest BCUT2D eigenvalue weighted by atomic mass is 10.1. The maximum Gasteiger partial charge on any atom is 0.226 e. The lowest BCUT2D eigenvalue weighted by Crippen LogP contribution is -2.27. The van der Waals surface area contributed by atoms with Crippen LogP contribution in [0, 0.1) is 0 Å². The Labute approximate surface area is 86.1 Å². The van der Waals surface area contributed by atoms with Crippen molar-refractivity contribution in [2.75, 3.05) is 11.1 Å². The first-order valence-corrected chi connectivity index (χ1v) is 4.74. The summed E-state index contributed by atoms with van der Waals surface area (Å²) in [6.07, 6.45) is 0.